The van der Waals surface area contributed by atoms with Gasteiger partial charge in [0.05, 0.1) is 30.5 Å². The number of amides is 1. The fourth-order valence-corrected chi connectivity index (χ4v) is 2.55. The van der Waals surface area contributed by atoms with E-state index in [1.165, 1.54) is 0 Å². The number of Topliss-reactive ketones (excluding diaryl/α,β-unsaturated/α-hetero) is 1. The largest absolute Gasteiger partial charge is 0.371 e. The Hall–Kier alpha value is -1.68. The molecule has 0 radical (unpaired) electrons. The van der Waals surface area contributed by atoms with Crippen molar-refractivity contribution in [3.8, 4) is 0 Å². The van der Waals surface area contributed by atoms with Gasteiger partial charge < -0.3 is 9.64 Å². The molecule has 1 amide bonds. The molecule has 1 unspecified atom stereocenters. The Morgan fingerprint density at radius 2 is 2.16 bits per heavy atom. The van der Waals surface area contributed by atoms with Crippen LogP contribution in [0.5, 0.6) is 0 Å². The molecule has 3 rings (SSSR count). The highest BCUT2D eigenvalue weighted by Gasteiger charge is 2.40. The van der Waals surface area contributed by atoms with E-state index in [-0.39, 0.29) is 11.9 Å². The van der Waals surface area contributed by atoms with Crippen LogP contribution >= 0.6 is 0 Å². The van der Waals surface area contributed by atoms with E-state index in [2.05, 4.69) is 6.92 Å². The van der Waals surface area contributed by atoms with Crippen molar-refractivity contribution in [1.82, 2.24) is 0 Å². The van der Waals surface area contributed by atoms with Gasteiger partial charge in [-0.15, -0.1) is 0 Å². The van der Waals surface area contributed by atoms with E-state index in [1.54, 1.807) is 11.0 Å². The summed E-state index contributed by atoms with van der Waals surface area (Å²) in [6, 6.07) is 5.63. The summed E-state index contributed by atoms with van der Waals surface area (Å²) in [5.41, 5.74) is 2.47. The highest BCUT2D eigenvalue weighted by Crippen LogP contribution is 2.34. The van der Waals surface area contributed by atoms with Gasteiger partial charge in [-0.05, 0) is 24.5 Å². The first kappa shape index (κ1) is 12.4. The number of unbranched alkanes of at least 4 members (excludes halogenated alkanes) is 1. The third-order valence-electron chi connectivity index (χ3n) is 3.66. The van der Waals surface area contributed by atoms with Crippen molar-refractivity contribution >= 4 is 17.4 Å². The highest BCUT2D eigenvalue weighted by atomic mass is 16.6. The molecule has 100 valence electrons. The molecule has 4 heteroatoms. The minimum absolute atomic E-state index is 0.0990. The summed E-state index contributed by atoms with van der Waals surface area (Å²) in [6.07, 6.45) is 3.16. The number of para-hydroxylation sites is 1. The monoisotopic (exact) mass is 259 g/mol. The van der Waals surface area contributed by atoms with Gasteiger partial charge in [0, 0.05) is 0 Å². The first-order chi connectivity index (χ1) is 9.22. The quantitative estimate of drug-likeness (QED) is 0.600. The second-order valence-electron chi connectivity index (χ2n) is 5.12. The van der Waals surface area contributed by atoms with Crippen LogP contribution < -0.4 is 4.90 Å². The van der Waals surface area contributed by atoms with Crippen molar-refractivity contribution < 1.29 is 14.3 Å². The Bertz CT molecular complexity index is 534. The number of ether oxygens (including phenoxy) is 1. The van der Waals surface area contributed by atoms with Crippen LogP contribution in [0.4, 0.5) is 5.69 Å². The maximum absolute atomic E-state index is 12.1. The van der Waals surface area contributed by atoms with Crippen LogP contribution in [-0.2, 0) is 16.0 Å². The van der Waals surface area contributed by atoms with Gasteiger partial charge in [0.1, 0.15) is 0 Å². The molecule has 2 aliphatic heterocycles. The summed E-state index contributed by atoms with van der Waals surface area (Å²) >= 11 is 0. The number of ketones is 1. The lowest BCUT2D eigenvalue weighted by Crippen LogP contribution is -2.33. The lowest BCUT2D eigenvalue weighted by molar-refractivity contribution is -0.114. The number of hydrogen-bond donors (Lipinski definition) is 0. The van der Waals surface area contributed by atoms with Crippen molar-refractivity contribution in [3.63, 3.8) is 0 Å². The molecule has 1 fully saturated rings. The van der Waals surface area contributed by atoms with E-state index in [4.69, 9.17) is 4.74 Å². The molecule has 1 aromatic carbocycles. The van der Waals surface area contributed by atoms with Crippen LogP contribution in [0.1, 0.15) is 35.7 Å². The number of fused-ring (bicyclic) bond motifs is 1. The maximum atomic E-state index is 12.1. The number of carbonyl (C=O) groups is 2. The lowest BCUT2D eigenvalue weighted by Gasteiger charge is -2.18. The van der Waals surface area contributed by atoms with Crippen LogP contribution in [0.3, 0.4) is 0 Å². The van der Waals surface area contributed by atoms with Gasteiger partial charge in [0.25, 0.3) is 11.7 Å². The minimum Gasteiger partial charge on any atom is -0.371 e. The SMILES string of the molecule is CCCCc1cccc2c1N(CC1CO1)C(=O)C2=O. The molecule has 0 saturated carbocycles. The summed E-state index contributed by atoms with van der Waals surface area (Å²) in [7, 11) is 0. The van der Waals surface area contributed by atoms with Gasteiger partial charge in [0.15, 0.2) is 0 Å². The zero-order chi connectivity index (χ0) is 13.4. The van der Waals surface area contributed by atoms with E-state index in [9.17, 15) is 9.59 Å². The topological polar surface area (TPSA) is 49.9 Å². The summed E-state index contributed by atoms with van der Waals surface area (Å²) in [5, 5.41) is 0. The Kier molecular flexibility index (Phi) is 3.11. The summed E-state index contributed by atoms with van der Waals surface area (Å²) in [5.74, 6) is -0.788. The molecular formula is C15H17NO3. The molecule has 0 aliphatic carbocycles. The second kappa shape index (κ2) is 4.78. The Morgan fingerprint density at radius 1 is 1.37 bits per heavy atom. The molecule has 2 heterocycles. The first-order valence-electron chi connectivity index (χ1n) is 6.82. The third-order valence-corrected chi connectivity index (χ3v) is 3.66. The van der Waals surface area contributed by atoms with Crippen LogP contribution in [0.2, 0.25) is 0 Å². The molecule has 19 heavy (non-hydrogen) atoms. The normalized spacial score (nSPS) is 20.9. The predicted octanol–water partition coefficient (Wildman–Crippen LogP) is 1.96. The van der Waals surface area contributed by atoms with E-state index < -0.39 is 5.91 Å². The zero-order valence-corrected chi connectivity index (χ0v) is 11.0. The third kappa shape index (κ3) is 2.16. The van der Waals surface area contributed by atoms with Crippen LogP contribution in [0.15, 0.2) is 18.2 Å². The fraction of sp³-hybridized carbons (Fsp3) is 0.467. The molecule has 1 atom stereocenters. The number of anilines is 1. The minimum atomic E-state index is -0.408. The van der Waals surface area contributed by atoms with E-state index in [0.717, 1.165) is 30.5 Å². The number of aryl methyl sites for hydroxylation is 1. The van der Waals surface area contributed by atoms with E-state index in [1.807, 2.05) is 12.1 Å². The molecule has 2 aliphatic rings. The maximum Gasteiger partial charge on any atom is 0.299 e. The Morgan fingerprint density at radius 3 is 2.84 bits per heavy atom. The molecular weight excluding hydrogens is 242 g/mol. The number of carbonyl (C=O) groups excluding carboxylic acids is 2. The number of epoxide rings is 1. The van der Waals surface area contributed by atoms with Crippen molar-refractivity contribution in [2.24, 2.45) is 0 Å². The fourth-order valence-electron chi connectivity index (χ4n) is 2.55. The summed E-state index contributed by atoms with van der Waals surface area (Å²) in [6.45, 7) is 3.32. The summed E-state index contributed by atoms with van der Waals surface area (Å²) in [4.78, 5) is 25.7. The number of benzene rings is 1. The average molecular weight is 259 g/mol. The van der Waals surface area contributed by atoms with Crippen LogP contribution in [0.25, 0.3) is 0 Å². The van der Waals surface area contributed by atoms with E-state index >= 15 is 0 Å². The average Bonchev–Trinajstić information content (AvgIpc) is 3.21. The van der Waals surface area contributed by atoms with Crippen molar-refractivity contribution in [1.29, 1.82) is 0 Å². The first-order valence-corrected chi connectivity index (χ1v) is 6.82. The summed E-state index contributed by atoms with van der Waals surface area (Å²) < 4.78 is 5.18. The van der Waals surface area contributed by atoms with Gasteiger partial charge in [-0.25, -0.2) is 0 Å². The zero-order valence-electron chi connectivity index (χ0n) is 11.0. The molecule has 4 nitrogen and oxygen atoms in total. The standard InChI is InChI=1S/C15H17NO3/c1-2-3-5-10-6-4-7-12-13(10)16(8-11-9-19-11)15(18)14(12)17/h4,6-7,11H,2-3,5,8-9H2,1H3. The predicted molar refractivity (Wildman–Crippen MR) is 71.5 cm³/mol. The van der Waals surface area contributed by atoms with Gasteiger partial charge >= 0.3 is 0 Å². The smallest absolute Gasteiger partial charge is 0.299 e. The van der Waals surface area contributed by atoms with Gasteiger partial charge in [0.2, 0.25) is 0 Å². The van der Waals surface area contributed by atoms with E-state index in [0.29, 0.717) is 18.7 Å². The second-order valence-corrected chi connectivity index (χ2v) is 5.12. The van der Waals surface area contributed by atoms with Crippen molar-refractivity contribution in [2.45, 2.75) is 32.3 Å². The molecule has 0 aromatic heterocycles. The molecule has 1 aromatic rings. The Balaban J connectivity index is 1.97. The van der Waals surface area contributed by atoms with Gasteiger partial charge in [-0.3, -0.25) is 9.59 Å². The number of nitrogens with zero attached hydrogens (tertiary/aromatic N) is 1. The van der Waals surface area contributed by atoms with Crippen molar-refractivity contribution in [2.75, 3.05) is 18.1 Å². The highest BCUT2D eigenvalue weighted by molar-refractivity contribution is 6.52. The van der Waals surface area contributed by atoms with Gasteiger partial charge in [-0.1, -0.05) is 25.5 Å². The lowest BCUT2D eigenvalue weighted by atomic mass is 10.0. The molecule has 0 spiro atoms. The number of rotatable bonds is 5. The van der Waals surface area contributed by atoms with Crippen molar-refractivity contribution in [3.05, 3.63) is 29.3 Å². The molecule has 0 N–H and O–H groups in total. The van der Waals surface area contributed by atoms with Gasteiger partial charge in [-0.2, -0.15) is 0 Å². The number of hydrogen-bond acceptors (Lipinski definition) is 3. The molecule has 1 saturated heterocycles. The Labute approximate surface area is 112 Å². The molecule has 0 bridgehead atoms. The van der Waals surface area contributed by atoms with Crippen LogP contribution in [-0.4, -0.2) is 30.9 Å². The van der Waals surface area contributed by atoms with Crippen LogP contribution in [0, 0.1) is 0 Å².